The van der Waals surface area contributed by atoms with E-state index in [0.717, 1.165) is 6.42 Å². The van der Waals surface area contributed by atoms with E-state index in [4.69, 9.17) is 0 Å². The number of pyridine rings is 1. The Bertz CT molecular complexity index is 583. The lowest BCUT2D eigenvalue weighted by atomic mass is 9.89. The van der Waals surface area contributed by atoms with Gasteiger partial charge in [-0.2, -0.15) is 0 Å². The van der Waals surface area contributed by atoms with E-state index in [1.54, 1.807) is 0 Å². The molecule has 0 fully saturated rings. The van der Waals surface area contributed by atoms with Crippen molar-refractivity contribution in [2.24, 2.45) is 0 Å². The minimum atomic E-state index is 0.983. The number of aromatic nitrogens is 1. The summed E-state index contributed by atoms with van der Waals surface area (Å²) in [6.07, 6.45) is 11.8. The highest BCUT2D eigenvalue weighted by Gasteiger charge is 2.14. The van der Waals surface area contributed by atoms with E-state index >= 15 is 0 Å². The molecule has 0 radical (unpaired) electrons. The SMILES string of the molecule is CCCCc1ccc(Cc2nccc3c2CCCC3)cc1. The first kappa shape index (κ1) is 14.3. The fourth-order valence-electron chi connectivity index (χ4n) is 3.29. The number of aryl methyl sites for hydroxylation is 2. The number of unbranched alkanes of at least 4 members (excludes halogenated alkanes) is 1. The molecule has 1 aromatic carbocycles. The molecular weight excluding hydrogens is 254 g/mol. The molecule has 0 aliphatic heterocycles. The summed E-state index contributed by atoms with van der Waals surface area (Å²) in [4.78, 5) is 4.66. The van der Waals surface area contributed by atoms with Gasteiger partial charge in [0.2, 0.25) is 0 Å². The molecule has 110 valence electrons. The summed E-state index contributed by atoms with van der Waals surface area (Å²) in [7, 11) is 0. The number of benzene rings is 1. The summed E-state index contributed by atoms with van der Waals surface area (Å²) in [5, 5.41) is 0. The first-order chi connectivity index (χ1) is 10.4. The quantitative estimate of drug-likeness (QED) is 0.759. The van der Waals surface area contributed by atoms with E-state index in [9.17, 15) is 0 Å². The standard InChI is InChI=1S/C20H25N/c1-2-3-6-16-9-11-17(12-10-16)15-20-19-8-5-4-7-18(19)13-14-21-20/h9-14H,2-8,15H2,1H3. The maximum absolute atomic E-state index is 4.66. The third-order valence-electron chi connectivity index (χ3n) is 4.58. The molecular formula is C20H25N. The predicted octanol–water partition coefficient (Wildman–Crippen LogP) is 4.89. The molecule has 0 atom stereocenters. The first-order valence-electron chi connectivity index (χ1n) is 8.40. The normalized spacial score (nSPS) is 14.0. The largest absolute Gasteiger partial charge is 0.261 e. The van der Waals surface area contributed by atoms with Gasteiger partial charge in [-0.25, -0.2) is 0 Å². The van der Waals surface area contributed by atoms with Gasteiger partial charge in [0.15, 0.2) is 0 Å². The molecule has 1 aromatic heterocycles. The Morgan fingerprint density at radius 3 is 2.52 bits per heavy atom. The van der Waals surface area contributed by atoms with Crippen molar-refractivity contribution in [1.29, 1.82) is 0 Å². The molecule has 21 heavy (non-hydrogen) atoms. The fraction of sp³-hybridized carbons (Fsp3) is 0.450. The van der Waals surface area contributed by atoms with Crippen molar-refractivity contribution < 1.29 is 0 Å². The van der Waals surface area contributed by atoms with Crippen molar-refractivity contribution in [2.75, 3.05) is 0 Å². The summed E-state index contributed by atoms with van der Waals surface area (Å²) in [6, 6.07) is 11.4. The van der Waals surface area contributed by atoms with E-state index in [1.807, 2.05) is 6.20 Å². The summed E-state index contributed by atoms with van der Waals surface area (Å²) in [6.45, 7) is 2.25. The number of hydrogen-bond acceptors (Lipinski definition) is 1. The molecule has 0 N–H and O–H groups in total. The average Bonchev–Trinajstić information content (AvgIpc) is 2.55. The van der Waals surface area contributed by atoms with Gasteiger partial charge in [-0.05, 0) is 66.8 Å². The third kappa shape index (κ3) is 3.53. The highest BCUT2D eigenvalue weighted by atomic mass is 14.7. The Morgan fingerprint density at radius 1 is 0.952 bits per heavy atom. The van der Waals surface area contributed by atoms with Crippen LogP contribution in [0.25, 0.3) is 0 Å². The van der Waals surface area contributed by atoms with Crippen LogP contribution in [-0.2, 0) is 25.7 Å². The van der Waals surface area contributed by atoms with Crippen molar-refractivity contribution in [3.8, 4) is 0 Å². The van der Waals surface area contributed by atoms with Crippen molar-refractivity contribution >= 4 is 0 Å². The van der Waals surface area contributed by atoms with Gasteiger partial charge in [-0.3, -0.25) is 4.98 Å². The van der Waals surface area contributed by atoms with Crippen LogP contribution in [0.4, 0.5) is 0 Å². The van der Waals surface area contributed by atoms with Gasteiger partial charge in [0.25, 0.3) is 0 Å². The summed E-state index contributed by atoms with van der Waals surface area (Å²) >= 11 is 0. The van der Waals surface area contributed by atoms with E-state index in [0.29, 0.717) is 0 Å². The molecule has 2 aromatic rings. The number of hydrogen-bond donors (Lipinski definition) is 0. The highest BCUT2D eigenvalue weighted by molar-refractivity contribution is 5.36. The van der Waals surface area contributed by atoms with Crippen molar-refractivity contribution in [2.45, 2.75) is 58.3 Å². The monoisotopic (exact) mass is 279 g/mol. The number of fused-ring (bicyclic) bond motifs is 1. The predicted molar refractivity (Wildman–Crippen MR) is 88.7 cm³/mol. The zero-order chi connectivity index (χ0) is 14.5. The molecule has 1 nitrogen and oxygen atoms in total. The lowest BCUT2D eigenvalue weighted by Gasteiger charge is -2.18. The van der Waals surface area contributed by atoms with Crippen LogP contribution in [-0.4, -0.2) is 4.98 Å². The fourth-order valence-corrected chi connectivity index (χ4v) is 3.29. The van der Waals surface area contributed by atoms with Gasteiger partial charge in [-0.1, -0.05) is 37.6 Å². The van der Waals surface area contributed by atoms with Crippen molar-refractivity contribution in [3.63, 3.8) is 0 Å². The van der Waals surface area contributed by atoms with E-state index < -0.39 is 0 Å². The van der Waals surface area contributed by atoms with Crippen LogP contribution >= 0.6 is 0 Å². The van der Waals surface area contributed by atoms with Crippen LogP contribution in [0, 0.1) is 0 Å². The molecule has 3 rings (SSSR count). The lowest BCUT2D eigenvalue weighted by Crippen LogP contribution is -2.08. The zero-order valence-electron chi connectivity index (χ0n) is 13.1. The zero-order valence-corrected chi connectivity index (χ0v) is 13.1. The Balaban J connectivity index is 1.74. The Kier molecular flexibility index (Phi) is 4.69. The number of nitrogens with zero attached hydrogens (tertiary/aromatic N) is 1. The summed E-state index contributed by atoms with van der Waals surface area (Å²) in [5.74, 6) is 0. The Labute approximate surface area is 128 Å². The Morgan fingerprint density at radius 2 is 1.71 bits per heavy atom. The molecule has 0 saturated carbocycles. The lowest BCUT2D eigenvalue weighted by molar-refractivity contribution is 0.674. The van der Waals surface area contributed by atoms with Gasteiger partial charge in [0, 0.05) is 18.3 Å². The van der Waals surface area contributed by atoms with Crippen molar-refractivity contribution in [1.82, 2.24) is 4.98 Å². The van der Waals surface area contributed by atoms with Crippen LogP contribution < -0.4 is 0 Å². The minimum absolute atomic E-state index is 0.983. The Hall–Kier alpha value is -1.63. The second-order valence-corrected chi connectivity index (χ2v) is 6.20. The minimum Gasteiger partial charge on any atom is -0.261 e. The molecule has 0 bridgehead atoms. The van der Waals surface area contributed by atoms with Crippen LogP contribution in [0.5, 0.6) is 0 Å². The molecule has 1 aliphatic rings. The summed E-state index contributed by atoms with van der Waals surface area (Å²) in [5.41, 5.74) is 7.21. The van der Waals surface area contributed by atoms with E-state index in [-0.39, 0.29) is 0 Å². The molecule has 1 aliphatic carbocycles. The molecule has 0 spiro atoms. The molecule has 1 heterocycles. The molecule has 0 saturated heterocycles. The summed E-state index contributed by atoms with van der Waals surface area (Å²) < 4.78 is 0. The average molecular weight is 279 g/mol. The van der Waals surface area contributed by atoms with Crippen LogP contribution in [0.15, 0.2) is 36.5 Å². The van der Waals surface area contributed by atoms with Gasteiger partial charge < -0.3 is 0 Å². The second-order valence-electron chi connectivity index (χ2n) is 6.20. The topological polar surface area (TPSA) is 12.9 Å². The third-order valence-corrected chi connectivity index (χ3v) is 4.58. The van der Waals surface area contributed by atoms with Crippen LogP contribution in [0.2, 0.25) is 0 Å². The van der Waals surface area contributed by atoms with Gasteiger partial charge in [0.1, 0.15) is 0 Å². The highest BCUT2D eigenvalue weighted by Crippen LogP contribution is 2.24. The van der Waals surface area contributed by atoms with E-state index in [1.165, 1.54) is 72.9 Å². The molecule has 0 unspecified atom stereocenters. The smallest absolute Gasteiger partial charge is 0.0482 e. The maximum Gasteiger partial charge on any atom is 0.0482 e. The van der Waals surface area contributed by atoms with Gasteiger partial charge >= 0.3 is 0 Å². The molecule has 0 amide bonds. The van der Waals surface area contributed by atoms with Gasteiger partial charge in [0.05, 0.1) is 0 Å². The maximum atomic E-state index is 4.66. The van der Waals surface area contributed by atoms with Crippen molar-refractivity contribution in [3.05, 3.63) is 64.5 Å². The first-order valence-corrected chi connectivity index (χ1v) is 8.40. The second kappa shape index (κ2) is 6.89. The molecule has 1 heteroatoms. The van der Waals surface area contributed by atoms with E-state index in [2.05, 4.69) is 42.2 Å². The van der Waals surface area contributed by atoms with Crippen LogP contribution in [0.1, 0.15) is 60.6 Å². The van der Waals surface area contributed by atoms with Gasteiger partial charge in [-0.15, -0.1) is 0 Å². The van der Waals surface area contributed by atoms with Crippen LogP contribution in [0.3, 0.4) is 0 Å². The number of rotatable bonds is 5.